The van der Waals surface area contributed by atoms with Gasteiger partial charge in [-0.05, 0) is 98.9 Å². The predicted octanol–water partition coefficient (Wildman–Crippen LogP) is 7.00. The monoisotopic (exact) mass is 724 g/mol. The largest absolute Gasteiger partial charge is 0.446 e. The fraction of sp³-hybridized carbons (Fsp3) is 0.575. The number of nitrogens with zero attached hydrogens (tertiary/aromatic N) is 3. The van der Waals surface area contributed by atoms with Crippen molar-refractivity contribution in [2.45, 2.75) is 103 Å². The van der Waals surface area contributed by atoms with E-state index >= 15 is 0 Å². The van der Waals surface area contributed by atoms with Gasteiger partial charge in [-0.15, -0.1) is 0 Å². The Morgan fingerprint density at radius 2 is 1.90 bits per heavy atom. The Morgan fingerprint density at radius 1 is 1.18 bits per heavy atom. The molecule has 2 heterocycles. The van der Waals surface area contributed by atoms with Crippen LogP contribution in [-0.2, 0) is 20.7 Å². The van der Waals surface area contributed by atoms with Crippen LogP contribution >= 0.6 is 11.6 Å². The zero-order chi connectivity index (χ0) is 37.1. The molecule has 1 aromatic carbocycles. The highest BCUT2D eigenvalue weighted by atomic mass is 35.5. The lowest BCUT2D eigenvalue weighted by atomic mass is 9.84. The number of hydrogen-bond donors (Lipinski definition) is 3. The fourth-order valence-corrected chi connectivity index (χ4v) is 6.82. The number of nitrogens with one attached hydrogen (secondary N) is 2. The first-order valence-corrected chi connectivity index (χ1v) is 18.9. The molecule has 0 unspecified atom stereocenters. The van der Waals surface area contributed by atoms with Crippen LogP contribution in [0.2, 0.25) is 5.02 Å². The molecule has 11 heteroatoms. The van der Waals surface area contributed by atoms with E-state index in [1.807, 2.05) is 57.3 Å². The first-order valence-electron chi connectivity index (χ1n) is 18.5. The number of hydrogen-bond acceptors (Lipinski definition) is 8. The van der Waals surface area contributed by atoms with E-state index in [9.17, 15) is 9.59 Å². The third-order valence-corrected chi connectivity index (χ3v) is 10.2. The van der Waals surface area contributed by atoms with Gasteiger partial charge in [-0.2, -0.15) is 0 Å². The second-order valence-electron chi connectivity index (χ2n) is 13.7. The van der Waals surface area contributed by atoms with Gasteiger partial charge in [0, 0.05) is 58.1 Å². The molecule has 2 aliphatic carbocycles. The molecule has 51 heavy (non-hydrogen) atoms. The number of methoxy groups -OCH3 is 1. The van der Waals surface area contributed by atoms with Gasteiger partial charge in [-0.1, -0.05) is 68.2 Å². The van der Waals surface area contributed by atoms with Crippen LogP contribution in [0.15, 0.2) is 65.0 Å². The number of aliphatic imine (C=N–C) groups is 1. The zero-order valence-electron chi connectivity index (χ0n) is 31.5. The van der Waals surface area contributed by atoms with E-state index in [-0.39, 0.29) is 23.8 Å². The molecule has 4 aliphatic rings. The number of carbonyl (C=O) groups excluding carboxylic acids is 2. The number of carbonyl (C=O) groups is 2. The van der Waals surface area contributed by atoms with Gasteiger partial charge in [-0.3, -0.25) is 4.79 Å². The number of aryl methyl sites for hydroxylation is 1. The zero-order valence-corrected chi connectivity index (χ0v) is 32.2. The van der Waals surface area contributed by atoms with E-state index in [2.05, 4.69) is 40.8 Å². The summed E-state index contributed by atoms with van der Waals surface area (Å²) in [7, 11) is 3.78. The molecule has 282 valence electrons. The van der Waals surface area contributed by atoms with Gasteiger partial charge < -0.3 is 35.6 Å². The lowest BCUT2D eigenvalue weighted by molar-refractivity contribution is -0.109. The number of fused-ring (bicyclic) bond motifs is 1. The van der Waals surface area contributed by atoms with Crippen molar-refractivity contribution in [2.24, 2.45) is 10.7 Å². The average molecular weight is 725 g/mol. The van der Waals surface area contributed by atoms with Crippen molar-refractivity contribution >= 4 is 36.0 Å². The van der Waals surface area contributed by atoms with Crippen molar-refractivity contribution in [3.63, 3.8) is 0 Å². The van der Waals surface area contributed by atoms with E-state index < -0.39 is 0 Å². The number of allylic oxidation sites excluding steroid dienone is 4. The number of rotatable bonds is 10. The molecule has 0 aromatic heterocycles. The second-order valence-corrected chi connectivity index (χ2v) is 14.1. The van der Waals surface area contributed by atoms with E-state index in [4.69, 9.17) is 26.8 Å². The van der Waals surface area contributed by atoms with E-state index in [1.54, 1.807) is 17.4 Å². The Hall–Kier alpha value is -3.60. The summed E-state index contributed by atoms with van der Waals surface area (Å²) in [6, 6.07) is 5.77. The van der Waals surface area contributed by atoms with Crippen molar-refractivity contribution in [3.8, 4) is 0 Å². The molecule has 0 bridgehead atoms. The third kappa shape index (κ3) is 13.8. The maximum absolute atomic E-state index is 11.6. The number of benzene rings is 1. The Kier molecular flexibility index (Phi) is 18.3. The molecule has 5 rings (SSSR count). The van der Waals surface area contributed by atoms with Crippen LogP contribution in [0.1, 0.15) is 89.7 Å². The van der Waals surface area contributed by atoms with Gasteiger partial charge in [-0.25, -0.2) is 9.79 Å². The van der Waals surface area contributed by atoms with Gasteiger partial charge in [0.25, 0.3) is 0 Å². The molecule has 1 saturated carbocycles. The predicted molar refractivity (Wildman–Crippen MR) is 210 cm³/mol. The van der Waals surface area contributed by atoms with Crippen LogP contribution in [-0.4, -0.2) is 93.3 Å². The molecule has 1 atom stereocenters. The number of halogens is 1. The first kappa shape index (κ1) is 41.8. The summed E-state index contributed by atoms with van der Waals surface area (Å²) >= 11 is 6.35. The molecule has 1 aromatic rings. The van der Waals surface area contributed by atoms with Crippen molar-refractivity contribution in [3.05, 3.63) is 76.1 Å². The molecule has 2 aliphatic heterocycles. The van der Waals surface area contributed by atoms with Gasteiger partial charge >= 0.3 is 6.09 Å². The first-order chi connectivity index (χ1) is 24.7. The summed E-state index contributed by atoms with van der Waals surface area (Å²) < 4.78 is 10.6. The topological polar surface area (TPSA) is 122 Å². The number of amides is 2. The van der Waals surface area contributed by atoms with Gasteiger partial charge in [0.05, 0.1) is 18.0 Å². The molecular weight excluding hydrogens is 664 g/mol. The lowest BCUT2D eigenvalue weighted by Gasteiger charge is -2.29. The van der Waals surface area contributed by atoms with Crippen LogP contribution in [0.5, 0.6) is 0 Å². The molecule has 2 amide bonds. The quantitative estimate of drug-likeness (QED) is 0.176. The lowest BCUT2D eigenvalue weighted by Crippen LogP contribution is -2.47. The van der Waals surface area contributed by atoms with Crippen LogP contribution < -0.4 is 16.4 Å². The summed E-state index contributed by atoms with van der Waals surface area (Å²) in [5, 5.41) is 6.90. The van der Waals surface area contributed by atoms with Crippen LogP contribution in [0.3, 0.4) is 0 Å². The molecule has 1 saturated heterocycles. The van der Waals surface area contributed by atoms with Gasteiger partial charge in [0.1, 0.15) is 6.10 Å². The van der Waals surface area contributed by atoms with Crippen LogP contribution in [0.4, 0.5) is 4.79 Å². The van der Waals surface area contributed by atoms with Gasteiger partial charge in [0.2, 0.25) is 6.41 Å². The molecule has 0 radical (unpaired) electrons. The highest BCUT2D eigenvalue weighted by molar-refractivity contribution is 6.30. The third-order valence-electron chi connectivity index (χ3n) is 9.92. The Balaban J connectivity index is 0.000000261. The van der Waals surface area contributed by atoms with Crippen LogP contribution in [0, 0.1) is 0 Å². The highest BCUT2D eigenvalue weighted by Gasteiger charge is 2.28. The summed E-state index contributed by atoms with van der Waals surface area (Å²) in [4.78, 5) is 31.2. The summed E-state index contributed by atoms with van der Waals surface area (Å²) in [5.41, 5.74) is 11.5. The Bertz CT molecular complexity index is 1390. The minimum atomic E-state index is -0.257. The molecule has 2 fully saturated rings. The fourth-order valence-electron chi connectivity index (χ4n) is 6.65. The van der Waals surface area contributed by atoms with E-state index in [1.165, 1.54) is 36.8 Å². The SMILES string of the molecule is CCC(CC)OC(=O)N1CCNCC1.CN1C=NC=C([C@H](NC=O)/C2=C/C/C(=C/C/C=C\N)CCc3ccc(Cl)cc32)C1.COC1(C)CCCC1. The number of ether oxygens (including phenoxy) is 2. The normalized spacial score (nSPS) is 20.8. The standard InChI is InChI=1S/C23H27ClN4O.C10H20N2O2.C7H14O/c1-28-14-19(13-26-15-28)23(27-16-29)21-10-6-17(4-2-3-11-25)5-7-18-8-9-20(24)12-22(18)21;1-3-9(4-2)14-10(13)12-7-5-11-6-8-12;1-7(8-2)5-3-4-6-7/h3-4,8-13,15-16,23H,2,5-7,14,25H2,1H3,(H,27,29);9,11H,3-8H2,1-2H3;3-6H2,1-2H3/b11-3-,17-4+,21-10+;;/t23-;;/m0../s1. The van der Waals surface area contributed by atoms with Crippen LogP contribution in [0.25, 0.3) is 5.57 Å². The highest BCUT2D eigenvalue weighted by Crippen LogP contribution is 2.34. The smallest absolute Gasteiger partial charge is 0.410 e. The number of likely N-dealkylation sites (N-methyl/N-ethyl adjacent to an activating group) is 1. The van der Waals surface area contributed by atoms with E-state index in [0.29, 0.717) is 11.6 Å². The second kappa shape index (κ2) is 22.4. The number of piperazine rings is 1. The minimum Gasteiger partial charge on any atom is -0.446 e. The van der Waals surface area contributed by atoms with Crippen molar-refractivity contribution in [2.75, 3.05) is 46.9 Å². The van der Waals surface area contributed by atoms with Crippen molar-refractivity contribution in [1.82, 2.24) is 20.4 Å². The molecule has 4 N–H and O–H groups in total. The summed E-state index contributed by atoms with van der Waals surface area (Å²) in [6.45, 7) is 10.2. The average Bonchev–Trinajstić information content (AvgIpc) is 3.59. The molecule has 10 nitrogen and oxygen atoms in total. The maximum Gasteiger partial charge on any atom is 0.410 e. The summed E-state index contributed by atoms with van der Waals surface area (Å²) in [6.07, 6.45) is 22.8. The molecular formula is C40H61ClN6O4. The minimum absolute atomic E-state index is 0.0809. The maximum atomic E-state index is 11.6. The van der Waals surface area contributed by atoms with E-state index in [0.717, 1.165) is 87.8 Å². The van der Waals surface area contributed by atoms with Gasteiger partial charge in [0.15, 0.2) is 0 Å². The number of nitrogens with two attached hydrogens (primary N) is 1. The summed E-state index contributed by atoms with van der Waals surface area (Å²) in [5.74, 6) is 0. The molecule has 0 spiro atoms. The van der Waals surface area contributed by atoms with Crippen molar-refractivity contribution in [1.29, 1.82) is 0 Å². The Labute approximate surface area is 311 Å². The van der Waals surface area contributed by atoms with Crippen molar-refractivity contribution < 1.29 is 19.1 Å². The Morgan fingerprint density at radius 3 is 2.51 bits per heavy atom.